The van der Waals surface area contributed by atoms with Crippen LogP contribution < -0.4 is 11.1 Å². The summed E-state index contributed by atoms with van der Waals surface area (Å²) in [5, 5.41) is 2.75. The number of hydrogen-bond acceptors (Lipinski definition) is 2. The summed E-state index contributed by atoms with van der Waals surface area (Å²) in [7, 11) is 0. The van der Waals surface area contributed by atoms with Crippen molar-refractivity contribution in [3.05, 3.63) is 35.4 Å². The van der Waals surface area contributed by atoms with Crippen LogP contribution in [0.15, 0.2) is 18.2 Å². The van der Waals surface area contributed by atoms with E-state index in [1.807, 2.05) is 0 Å². The lowest BCUT2D eigenvalue weighted by molar-refractivity contribution is 0.0911. The van der Waals surface area contributed by atoms with Crippen LogP contribution in [-0.2, 0) is 0 Å². The van der Waals surface area contributed by atoms with Crippen molar-refractivity contribution >= 4 is 5.91 Å². The molecule has 2 rings (SSSR count). The number of nitrogens with one attached hydrogen (secondary N) is 1. The molecular weight excluding hydrogens is 262 g/mol. The Balaban J connectivity index is 2.06. The minimum absolute atomic E-state index is 0.175. The van der Waals surface area contributed by atoms with Crippen LogP contribution in [0.3, 0.4) is 0 Å². The molecule has 1 aromatic carbocycles. The molecule has 1 unspecified atom stereocenters. The molecule has 1 saturated carbocycles. The SMILES string of the molecule is NCC(NC(=O)c1cc(F)ccc1F)C1CCCCC1. The van der Waals surface area contributed by atoms with Gasteiger partial charge in [-0.1, -0.05) is 19.3 Å². The van der Waals surface area contributed by atoms with Crippen molar-refractivity contribution in [2.24, 2.45) is 11.7 Å². The molecule has 0 aliphatic heterocycles. The fourth-order valence-electron chi connectivity index (χ4n) is 2.82. The number of carbonyl (C=O) groups excluding carboxylic acids is 1. The van der Waals surface area contributed by atoms with Gasteiger partial charge in [-0.25, -0.2) is 8.78 Å². The zero-order valence-corrected chi connectivity index (χ0v) is 11.4. The summed E-state index contributed by atoms with van der Waals surface area (Å²) in [6.45, 7) is 0.313. The van der Waals surface area contributed by atoms with Crippen molar-refractivity contribution in [1.29, 1.82) is 0 Å². The smallest absolute Gasteiger partial charge is 0.254 e. The second kappa shape index (κ2) is 6.79. The third kappa shape index (κ3) is 3.54. The second-order valence-electron chi connectivity index (χ2n) is 5.34. The highest BCUT2D eigenvalue weighted by atomic mass is 19.1. The molecule has 20 heavy (non-hydrogen) atoms. The van der Waals surface area contributed by atoms with Gasteiger partial charge in [0.2, 0.25) is 0 Å². The van der Waals surface area contributed by atoms with Gasteiger partial charge in [0, 0.05) is 12.6 Å². The highest BCUT2D eigenvalue weighted by Gasteiger charge is 2.25. The first-order valence-electron chi connectivity index (χ1n) is 7.08. The zero-order chi connectivity index (χ0) is 14.5. The van der Waals surface area contributed by atoms with Gasteiger partial charge < -0.3 is 11.1 Å². The maximum Gasteiger partial charge on any atom is 0.254 e. The number of amides is 1. The van der Waals surface area contributed by atoms with E-state index in [4.69, 9.17) is 5.73 Å². The average molecular weight is 282 g/mol. The maximum absolute atomic E-state index is 13.6. The van der Waals surface area contributed by atoms with Gasteiger partial charge >= 0.3 is 0 Å². The Morgan fingerprint density at radius 1 is 1.30 bits per heavy atom. The minimum atomic E-state index is -0.719. The van der Waals surface area contributed by atoms with Crippen molar-refractivity contribution < 1.29 is 13.6 Å². The van der Waals surface area contributed by atoms with Gasteiger partial charge in [-0.3, -0.25) is 4.79 Å². The van der Waals surface area contributed by atoms with Crippen LogP contribution in [0.1, 0.15) is 42.5 Å². The third-order valence-corrected chi connectivity index (χ3v) is 3.96. The van der Waals surface area contributed by atoms with Gasteiger partial charge in [0.05, 0.1) is 5.56 Å². The van der Waals surface area contributed by atoms with Crippen LogP contribution in [0, 0.1) is 17.6 Å². The molecule has 1 aromatic rings. The van der Waals surface area contributed by atoms with E-state index in [2.05, 4.69) is 5.32 Å². The maximum atomic E-state index is 13.6. The summed E-state index contributed by atoms with van der Waals surface area (Å²) in [5.74, 6) is -1.61. The lowest BCUT2D eigenvalue weighted by Gasteiger charge is -2.30. The van der Waals surface area contributed by atoms with E-state index >= 15 is 0 Å². The van der Waals surface area contributed by atoms with Crippen molar-refractivity contribution in [2.75, 3.05) is 6.54 Å². The molecule has 110 valence electrons. The molecule has 1 fully saturated rings. The fourth-order valence-corrected chi connectivity index (χ4v) is 2.82. The van der Waals surface area contributed by atoms with E-state index in [-0.39, 0.29) is 11.6 Å². The first-order chi connectivity index (χ1) is 9.61. The predicted molar refractivity (Wildman–Crippen MR) is 73.2 cm³/mol. The van der Waals surface area contributed by atoms with E-state index in [0.29, 0.717) is 12.5 Å². The van der Waals surface area contributed by atoms with E-state index in [1.54, 1.807) is 0 Å². The van der Waals surface area contributed by atoms with E-state index < -0.39 is 17.5 Å². The molecule has 1 amide bonds. The summed E-state index contributed by atoms with van der Waals surface area (Å²) in [6, 6.07) is 2.69. The van der Waals surface area contributed by atoms with E-state index in [9.17, 15) is 13.6 Å². The van der Waals surface area contributed by atoms with Crippen molar-refractivity contribution in [1.82, 2.24) is 5.32 Å². The highest BCUT2D eigenvalue weighted by Crippen LogP contribution is 2.26. The van der Waals surface area contributed by atoms with Crippen LogP contribution >= 0.6 is 0 Å². The fraction of sp³-hybridized carbons (Fsp3) is 0.533. The summed E-state index contributed by atoms with van der Waals surface area (Å²) in [6.07, 6.45) is 5.51. The molecule has 3 nitrogen and oxygen atoms in total. The Labute approximate surface area is 117 Å². The number of rotatable bonds is 4. The van der Waals surface area contributed by atoms with Gasteiger partial charge in [0.15, 0.2) is 0 Å². The molecule has 0 spiro atoms. The van der Waals surface area contributed by atoms with Crippen molar-refractivity contribution in [3.8, 4) is 0 Å². The Bertz CT molecular complexity index is 473. The van der Waals surface area contributed by atoms with Crippen LogP contribution in [0.2, 0.25) is 0 Å². The minimum Gasteiger partial charge on any atom is -0.348 e. The van der Waals surface area contributed by atoms with Gasteiger partial charge in [-0.15, -0.1) is 0 Å². The molecule has 1 aliphatic rings. The highest BCUT2D eigenvalue weighted by molar-refractivity contribution is 5.94. The third-order valence-electron chi connectivity index (χ3n) is 3.96. The van der Waals surface area contributed by atoms with E-state index in [0.717, 1.165) is 43.9 Å². The number of benzene rings is 1. The summed E-state index contributed by atoms with van der Waals surface area (Å²) >= 11 is 0. The van der Waals surface area contributed by atoms with Crippen LogP contribution in [-0.4, -0.2) is 18.5 Å². The van der Waals surface area contributed by atoms with Gasteiger partial charge in [-0.05, 0) is 37.0 Å². The van der Waals surface area contributed by atoms with Crippen LogP contribution in [0.25, 0.3) is 0 Å². The Morgan fingerprint density at radius 2 is 2.00 bits per heavy atom. The van der Waals surface area contributed by atoms with Gasteiger partial charge in [-0.2, -0.15) is 0 Å². The lowest BCUT2D eigenvalue weighted by atomic mass is 9.84. The molecular formula is C15H20F2N2O. The molecule has 3 N–H and O–H groups in total. The molecule has 1 aliphatic carbocycles. The lowest BCUT2D eigenvalue weighted by Crippen LogP contribution is -2.46. The van der Waals surface area contributed by atoms with Crippen LogP contribution in [0.5, 0.6) is 0 Å². The first kappa shape index (κ1) is 14.9. The topological polar surface area (TPSA) is 55.1 Å². The van der Waals surface area contributed by atoms with E-state index in [1.165, 1.54) is 6.42 Å². The monoisotopic (exact) mass is 282 g/mol. The number of carbonyl (C=O) groups is 1. The number of hydrogen-bond donors (Lipinski definition) is 2. The zero-order valence-electron chi connectivity index (χ0n) is 11.4. The van der Waals surface area contributed by atoms with Gasteiger partial charge in [0.1, 0.15) is 11.6 Å². The molecule has 0 heterocycles. The van der Waals surface area contributed by atoms with Crippen molar-refractivity contribution in [2.45, 2.75) is 38.1 Å². The Kier molecular flexibility index (Phi) is 5.06. The molecule has 1 atom stereocenters. The second-order valence-corrected chi connectivity index (χ2v) is 5.34. The normalized spacial score (nSPS) is 17.8. The standard InChI is InChI=1S/C15H20F2N2O/c16-11-6-7-13(17)12(8-11)15(20)19-14(9-18)10-4-2-1-3-5-10/h6-8,10,14H,1-5,9,18H2,(H,19,20). The quantitative estimate of drug-likeness (QED) is 0.892. The van der Waals surface area contributed by atoms with Crippen molar-refractivity contribution in [3.63, 3.8) is 0 Å². The largest absolute Gasteiger partial charge is 0.348 e. The Morgan fingerprint density at radius 3 is 2.65 bits per heavy atom. The summed E-state index contributed by atoms with van der Waals surface area (Å²) < 4.78 is 26.7. The summed E-state index contributed by atoms with van der Waals surface area (Å²) in [5.41, 5.74) is 5.45. The number of halogens is 2. The molecule has 5 heteroatoms. The number of nitrogens with two attached hydrogens (primary N) is 1. The summed E-state index contributed by atoms with van der Waals surface area (Å²) in [4.78, 5) is 12.1. The first-order valence-corrected chi connectivity index (χ1v) is 7.08. The molecule has 0 bridgehead atoms. The van der Waals surface area contributed by atoms with Gasteiger partial charge in [0.25, 0.3) is 5.91 Å². The average Bonchev–Trinajstić information content (AvgIpc) is 2.48. The molecule has 0 saturated heterocycles. The predicted octanol–water partition coefficient (Wildman–Crippen LogP) is 2.60. The van der Waals surface area contributed by atoms with Crippen LogP contribution in [0.4, 0.5) is 8.78 Å². The molecule has 0 radical (unpaired) electrons. The Hall–Kier alpha value is -1.49. The molecule has 0 aromatic heterocycles.